The number of carbonyl (C=O) groups is 3. The summed E-state index contributed by atoms with van der Waals surface area (Å²) in [5.74, 6) is -3.26. The molecule has 0 saturated carbocycles. The van der Waals surface area contributed by atoms with Gasteiger partial charge in [-0.1, -0.05) is 43.3 Å². The second-order valence-electron chi connectivity index (χ2n) is 7.86. The highest BCUT2D eigenvalue weighted by atomic mass is 16.5. The maximum Gasteiger partial charge on any atom is 0.377 e. The summed E-state index contributed by atoms with van der Waals surface area (Å²) < 4.78 is 7.65. The first-order valence-corrected chi connectivity index (χ1v) is 10.7. The van der Waals surface area contributed by atoms with Crippen molar-refractivity contribution in [3.8, 4) is 0 Å². The number of carbonyl (C=O) groups excluding carboxylic acids is 2. The van der Waals surface area contributed by atoms with Gasteiger partial charge in [0.15, 0.2) is 0 Å². The first-order valence-electron chi connectivity index (χ1n) is 10.7. The Morgan fingerprint density at radius 3 is 2.30 bits per heavy atom. The lowest BCUT2D eigenvalue weighted by atomic mass is 9.97. The maximum absolute atomic E-state index is 12.8. The molecule has 168 valence electrons. The van der Waals surface area contributed by atoms with Crippen molar-refractivity contribution < 1.29 is 24.2 Å². The van der Waals surface area contributed by atoms with E-state index in [1.54, 1.807) is 18.2 Å². The molecular formula is C26H24N2O5. The van der Waals surface area contributed by atoms with Crippen LogP contribution in [0.2, 0.25) is 0 Å². The number of nitrogens with zero attached hydrogens (tertiary/aromatic N) is 1. The molecule has 0 aliphatic rings. The van der Waals surface area contributed by atoms with Crippen molar-refractivity contribution >= 4 is 39.5 Å². The Morgan fingerprint density at radius 2 is 1.64 bits per heavy atom. The number of carboxylic acids is 1. The third-order valence-electron chi connectivity index (χ3n) is 5.56. The van der Waals surface area contributed by atoms with Crippen molar-refractivity contribution in [2.75, 3.05) is 6.61 Å². The maximum atomic E-state index is 12.8. The molecule has 0 fully saturated rings. The number of primary amides is 1. The number of aliphatic carboxylic acids is 1. The van der Waals surface area contributed by atoms with E-state index in [0.717, 1.165) is 12.0 Å². The number of fused-ring (bicyclic) bond motifs is 3. The molecule has 7 nitrogen and oxygen atoms in total. The fourth-order valence-corrected chi connectivity index (χ4v) is 4.17. The van der Waals surface area contributed by atoms with Crippen molar-refractivity contribution in [1.29, 1.82) is 0 Å². The Hall–Kier alpha value is -3.97. The summed E-state index contributed by atoms with van der Waals surface area (Å²) in [6, 6.07) is 18.3. The summed E-state index contributed by atoms with van der Waals surface area (Å²) in [5.41, 5.74) is 8.94. The Kier molecular flexibility index (Phi) is 6.24. The number of Topliss-reactive ketones (excluding diaryl/α,β-unsaturated/α-hetero) is 1. The molecule has 0 aliphatic carbocycles. The Morgan fingerprint density at radius 1 is 0.909 bits per heavy atom. The summed E-state index contributed by atoms with van der Waals surface area (Å²) >= 11 is 0. The third-order valence-corrected chi connectivity index (χ3v) is 5.56. The monoisotopic (exact) mass is 444 g/mol. The molecule has 0 radical (unpaired) electrons. The van der Waals surface area contributed by atoms with Crippen LogP contribution in [0.15, 0.2) is 60.7 Å². The predicted molar refractivity (Wildman–Crippen MR) is 125 cm³/mol. The van der Waals surface area contributed by atoms with Crippen LogP contribution in [0, 0.1) is 0 Å². The number of rotatable bonds is 9. The standard InChI is InChI=1S/C26H24N2O5/c1-2-11-33-15-17-12-19(24(29)26(31)32)23-21(13-17)28(14-16-7-4-3-5-8-16)20-10-6-9-18(22(20)23)25(27)30/h3-10,12-13H,2,11,14-15H2,1H3,(H2,27,30)(H,31,32). The van der Waals surface area contributed by atoms with Gasteiger partial charge in [-0.25, -0.2) is 4.79 Å². The fourth-order valence-electron chi connectivity index (χ4n) is 4.17. The van der Waals surface area contributed by atoms with Crippen molar-refractivity contribution in [3.63, 3.8) is 0 Å². The van der Waals surface area contributed by atoms with Crippen LogP contribution in [0.4, 0.5) is 0 Å². The number of hydrogen-bond acceptors (Lipinski definition) is 4. The molecule has 4 aromatic rings. The molecule has 0 saturated heterocycles. The highest BCUT2D eigenvalue weighted by Crippen LogP contribution is 2.36. The quantitative estimate of drug-likeness (QED) is 0.229. The van der Waals surface area contributed by atoms with E-state index in [-0.39, 0.29) is 17.7 Å². The number of ketones is 1. The lowest BCUT2D eigenvalue weighted by molar-refractivity contribution is -0.131. The van der Waals surface area contributed by atoms with Crippen molar-refractivity contribution in [2.24, 2.45) is 5.73 Å². The van der Waals surface area contributed by atoms with Crippen LogP contribution in [0.25, 0.3) is 21.8 Å². The molecule has 4 rings (SSSR count). The number of ether oxygens (including phenoxy) is 1. The Bertz CT molecular complexity index is 1370. The van der Waals surface area contributed by atoms with Crippen LogP contribution in [0.5, 0.6) is 0 Å². The van der Waals surface area contributed by atoms with E-state index < -0.39 is 17.7 Å². The number of aromatic nitrogens is 1. The summed E-state index contributed by atoms with van der Waals surface area (Å²) in [4.78, 5) is 36.7. The molecule has 0 bridgehead atoms. The lowest BCUT2D eigenvalue weighted by Crippen LogP contribution is -2.14. The van der Waals surface area contributed by atoms with Crippen molar-refractivity contribution in [1.82, 2.24) is 4.57 Å². The minimum Gasteiger partial charge on any atom is -0.475 e. The first kappa shape index (κ1) is 22.2. The van der Waals surface area contributed by atoms with E-state index in [4.69, 9.17) is 10.5 Å². The molecule has 1 aromatic heterocycles. The van der Waals surface area contributed by atoms with Gasteiger partial charge in [0.05, 0.1) is 17.6 Å². The molecule has 0 unspecified atom stereocenters. The molecule has 0 spiro atoms. The zero-order valence-corrected chi connectivity index (χ0v) is 18.2. The predicted octanol–water partition coefficient (Wildman–Crippen LogP) is 4.14. The van der Waals surface area contributed by atoms with E-state index in [1.807, 2.05) is 54.0 Å². The normalized spacial score (nSPS) is 11.2. The van der Waals surface area contributed by atoms with Crippen molar-refractivity contribution in [3.05, 3.63) is 82.9 Å². The minimum atomic E-state index is -1.57. The molecule has 0 aliphatic heterocycles. The van der Waals surface area contributed by atoms with Crippen LogP contribution < -0.4 is 5.73 Å². The number of amides is 1. The second-order valence-corrected chi connectivity index (χ2v) is 7.86. The van der Waals surface area contributed by atoms with Crippen molar-refractivity contribution in [2.45, 2.75) is 26.5 Å². The van der Waals surface area contributed by atoms with E-state index in [9.17, 15) is 19.5 Å². The minimum absolute atomic E-state index is 0.0145. The van der Waals surface area contributed by atoms with Gasteiger partial charge < -0.3 is 20.1 Å². The molecule has 1 amide bonds. The highest BCUT2D eigenvalue weighted by Gasteiger charge is 2.25. The van der Waals surface area contributed by atoms with Gasteiger partial charge in [0.1, 0.15) is 0 Å². The average Bonchev–Trinajstić information content (AvgIpc) is 3.12. The first-order chi connectivity index (χ1) is 15.9. The number of carboxylic acid groups (broad SMARTS) is 1. The zero-order valence-electron chi connectivity index (χ0n) is 18.2. The van der Waals surface area contributed by atoms with Crippen LogP contribution in [0.3, 0.4) is 0 Å². The number of nitrogens with two attached hydrogens (primary N) is 1. The summed E-state index contributed by atoms with van der Waals surface area (Å²) in [6.45, 7) is 3.23. The van der Waals surface area contributed by atoms with E-state index in [1.165, 1.54) is 0 Å². The third kappa shape index (κ3) is 4.23. The molecule has 0 atom stereocenters. The molecule has 3 N–H and O–H groups in total. The molecule has 1 heterocycles. The molecule has 33 heavy (non-hydrogen) atoms. The lowest BCUT2D eigenvalue weighted by Gasteiger charge is -2.11. The van der Waals surface area contributed by atoms with Gasteiger partial charge in [-0.15, -0.1) is 0 Å². The van der Waals surface area contributed by atoms with Crippen LogP contribution in [-0.2, 0) is 22.7 Å². The van der Waals surface area contributed by atoms with E-state index >= 15 is 0 Å². The zero-order chi connectivity index (χ0) is 23.5. The summed E-state index contributed by atoms with van der Waals surface area (Å²) in [6.07, 6.45) is 0.833. The van der Waals surface area contributed by atoms with Gasteiger partial charge in [0.25, 0.3) is 5.78 Å². The van der Waals surface area contributed by atoms with E-state index in [0.29, 0.717) is 40.5 Å². The van der Waals surface area contributed by atoms with E-state index in [2.05, 4.69) is 0 Å². The highest BCUT2D eigenvalue weighted by molar-refractivity contribution is 6.43. The van der Waals surface area contributed by atoms with Gasteiger partial charge in [0.2, 0.25) is 5.91 Å². The number of hydrogen-bond donors (Lipinski definition) is 2. The Balaban J connectivity index is 2.09. The largest absolute Gasteiger partial charge is 0.475 e. The fraction of sp³-hybridized carbons (Fsp3) is 0.192. The van der Waals surface area contributed by atoms with Crippen LogP contribution in [0.1, 0.15) is 45.2 Å². The smallest absolute Gasteiger partial charge is 0.377 e. The van der Waals surface area contributed by atoms with Crippen LogP contribution >= 0.6 is 0 Å². The van der Waals surface area contributed by atoms with Gasteiger partial charge in [-0.2, -0.15) is 0 Å². The Labute approximate surface area is 190 Å². The van der Waals surface area contributed by atoms with Gasteiger partial charge in [0, 0.05) is 35.1 Å². The molecule has 3 aromatic carbocycles. The van der Waals surface area contributed by atoms with Crippen LogP contribution in [-0.4, -0.2) is 33.9 Å². The molecular weight excluding hydrogens is 420 g/mol. The topological polar surface area (TPSA) is 112 Å². The average molecular weight is 444 g/mol. The van der Waals surface area contributed by atoms with Gasteiger partial charge >= 0.3 is 5.97 Å². The number of benzene rings is 3. The van der Waals surface area contributed by atoms with Gasteiger partial charge in [-0.05, 0) is 41.8 Å². The summed E-state index contributed by atoms with van der Waals surface area (Å²) in [5, 5.41) is 10.4. The SMILES string of the molecule is CCCOCc1cc(C(=O)C(=O)O)c2c3c(C(N)=O)cccc3n(Cc3ccccc3)c2c1. The summed E-state index contributed by atoms with van der Waals surface area (Å²) in [7, 11) is 0. The molecule has 7 heteroatoms. The second kappa shape index (κ2) is 9.26. The van der Waals surface area contributed by atoms with Gasteiger partial charge in [-0.3, -0.25) is 9.59 Å².